The fourth-order valence-corrected chi connectivity index (χ4v) is 6.48. The minimum Gasteiger partial charge on any atom is -0.324 e. The molecule has 0 spiro atoms. The van der Waals surface area contributed by atoms with E-state index in [9.17, 15) is 0 Å². The maximum atomic E-state index is 2.53. The fourth-order valence-electron chi connectivity index (χ4n) is 6.48. The molecule has 0 fully saturated rings. The SMILES string of the molecule is CCCC(C(C)C)C(CC)C(CC)(C(C)C)C(CC)C[N+](C)(C)C(C)(C)CC. The Kier molecular flexibility index (Phi) is 11.4. The summed E-state index contributed by atoms with van der Waals surface area (Å²) < 4.78 is 1.13. The number of quaternary nitrogens is 1. The second-order valence-electron chi connectivity index (χ2n) is 11.5. The largest absolute Gasteiger partial charge is 0.324 e. The summed E-state index contributed by atoms with van der Waals surface area (Å²) in [6, 6.07) is 0. The van der Waals surface area contributed by atoms with Gasteiger partial charge in [-0.05, 0) is 62.2 Å². The van der Waals surface area contributed by atoms with E-state index in [1.165, 1.54) is 45.1 Å². The summed E-state index contributed by atoms with van der Waals surface area (Å²) in [6.45, 7) is 28.4. The van der Waals surface area contributed by atoms with Crippen LogP contribution in [-0.4, -0.2) is 30.7 Å². The molecule has 0 N–H and O–H groups in total. The summed E-state index contributed by atoms with van der Waals surface area (Å²) >= 11 is 0. The van der Waals surface area contributed by atoms with Crippen LogP contribution in [0.3, 0.4) is 0 Å². The molecule has 170 valence electrons. The van der Waals surface area contributed by atoms with Gasteiger partial charge in [-0.1, -0.05) is 81.6 Å². The van der Waals surface area contributed by atoms with Crippen molar-refractivity contribution < 1.29 is 4.48 Å². The third kappa shape index (κ3) is 5.77. The third-order valence-corrected chi connectivity index (χ3v) is 9.25. The van der Waals surface area contributed by atoms with Crippen molar-refractivity contribution >= 4 is 0 Å². The molecular formula is C27H58N+. The van der Waals surface area contributed by atoms with E-state index < -0.39 is 0 Å². The molecule has 0 aliphatic heterocycles. The highest BCUT2D eigenvalue weighted by atomic mass is 15.4. The molecule has 1 nitrogen and oxygen atoms in total. The highest BCUT2D eigenvalue weighted by molar-refractivity contribution is 4.96. The topological polar surface area (TPSA) is 0 Å². The number of nitrogens with zero attached hydrogens (tertiary/aromatic N) is 1. The van der Waals surface area contributed by atoms with E-state index in [0.717, 1.165) is 34.1 Å². The van der Waals surface area contributed by atoms with E-state index in [1.807, 2.05) is 0 Å². The minimum absolute atomic E-state index is 0.326. The molecule has 0 aromatic carbocycles. The molecule has 4 atom stereocenters. The van der Waals surface area contributed by atoms with Crippen molar-refractivity contribution in [2.45, 2.75) is 120 Å². The van der Waals surface area contributed by atoms with Crippen LogP contribution in [-0.2, 0) is 0 Å². The molecule has 0 aliphatic carbocycles. The Labute approximate surface area is 180 Å². The van der Waals surface area contributed by atoms with Gasteiger partial charge in [0.2, 0.25) is 0 Å². The lowest BCUT2D eigenvalue weighted by molar-refractivity contribution is -0.942. The smallest absolute Gasteiger partial charge is 0.0928 e. The van der Waals surface area contributed by atoms with Gasteiger partial charge < -0.3 is 4.48 Å². The van der Waals surface area contributed by atoms with Crippen molar-refractivity contribution in [3.63, 3.8) is 0 Å². The third-order valence-electron chi connectivity index (χ3n) is 9.25. The van der Waals surface area contributed by atoms with Crippen LogP contribution >= 0.6 is 0 Å². The van der Waals surface area contributed by atoms with Crippen LogP contribution in [0.1, 0.15) is 115 Å². The van der Waals surface area contributed by atoms with E-state index in [2.05, 4.69) is 90.3 Å². The van der Waals surface area contributed by atoms with Crippen molar-refractivity contribution in [1.29, 1.82) is 0 Å². The molecule has 0 bridgehead atoms. The molecule has 0 heterocycles. The van der Waals surface area contributed by atoms with Crippen LogP contribution in [0, 0.1) is 35.0 Å². The van der Waals surface area contributed by atoms with Crippen LogP contribution < -0.4 is 0 Å². The molecule has 0 aliphatic rings. The average molecular weight is 397 g/mol. The molecule has 28 heavy (non-hydrogen) atoms. The van der Waals surface area contributed by atoms with Crippen molar-refractivity contribution in [3.8, 4) is 0 Å². The monoisotopic (exact) mass is 396 g/mol. The maximum absolute atomic E-state index is 2.53. The summed E-state index contributed by atoms with van der Waals surface area (Å²) in [4.78, 5) is 0. The number of hydrogen-bond acceptors (Lipinski definition) is 0. The highest BCUT2D eigenvalue weighted by Crippen LogP contribution is 2.54. The van der Waals surface area contributed by atoms with Gasteiger partial charge in [0, 0.05) is 5.92 Å². The molecule has 0 amide bonds. The van der Waals surface area contributed by atoms with Gasteiger partial charge in [-0.3, -0.25) is 0 Å². The molecular weight excluding hydrogens is 338 g/mol. The minimum atomic E-state index is 0.326. The first-order valence-corrected chi connectivity index (χ1v) is 12.7. The first kappa shape index (κ1) is 28.0. The average Bonchev–Trinajstić information content (AvgIpc) is 2.62. The normalized spacial score (nSPS) is 19.0. The molecule has 0 saturated heterocycles. The first-order valence-electron chi connectivity index (χ1n) is 12.7. The maximum Gasteiger partial charge on any atom is 0.0928 e. The fraction of sp³-hybridized carbons (Fsp3) is 1.00. The van der Waals surface area contributed by atoms with Crippen molar-refractivity contribution in [3.05, 3.63) is 0 Å². The Hall–Kier alpha value is -0.0400. The second-order valence-corrected chi connectivity index (χ2v) is 11.5. The zero-order valence-electron chi connectivity index (χ0n) is 22.3. The highest BCUT2D eigenvalue weighted by Gasteiger charge is 2.51. The van der Waals surface area contributed by atoms with Gasteiger partial charge in [0.05, 0.1) is 26.2 Å². The van der Waals surface area contributed by atoms with Gasteiger partial charge in [-0.25, -0.2) is 0 Å². The van der Waals surface area contributed by atoms with Gasteiger partial charge in [0.25, 0.3) is 0 Å². The van der Waals surface area contributed by atoms with E-state index >= 15 is 0 Å². The van der Waals surface area contributed by atoms with Gasteiger partial charge in [-0.2, -0.15) is 0 Å². The predicted molar refractivity (Wildman–Crippen MR) is 130 cm³/mol. The summed E-state index contributed by atoms with van der Waals surface area (Å²) in [5.41, 5.74) is 0.763. The standard InChI is InChI=1S/C27H58N/c1-14-19-24(21(6)7)25(16-3)27(18-5,22(8)9)23(15-2)20-28(12,13)26(10,11)17-4/h21-25H,14-20H2,1-13H3/q+1. The Bertz CT molecular complexity index is 420. The lowest BCUT2D eigenvalue weighted by Crippen LogP contribution is -2.60. The van der Waals surface area contributed by atoms with Gasteiger partial charge >= 0.3 is 0 Å². The van der Waals surface area contributed by atoms with E-state index in [4.69, 9.17) is 0 Å². The Morgan fingerprint density at radius 3 is 1.61 bits per heavy atom. The first-order chi connectivity index (χ1) is 12.8. The molecule has 0 saturated carbocycles. The van der Waals surface area contributed by atoms with Crippen LogP contribution in [0.5, 0.6) is 0 Å². The molecule has 1 heteroatoms. The Morgan fingerprint density at radius 2 is 1.32 bits per heavy atom. The van der Waals surface area contributed by atoms with Gasteiger partial charge in [-0.15, -0.1) is 0 Å². The molecule has 4 unspecified atom stereocenters. The Balaban J connectivity index is 6.33. The summed E-state index contributed by atoms with van der Waals surface area (Å²) in [5.74, 6) is 3.96. The number of rotatable bonds is 14. The molecule has 0 aromatic heterocycles. The summed E-state index contributed by atoms with van der Waals surface area (Å²) in [6.07, 6.45) is 7.90. The van der Waals surface area contributed by atoms with Gasteiger partial charge in [0.15, 0.2) is 0 Å². The zero-order chi connectivity index (χ0) is 22.3. The van der Waals surface area contributed by atoms with Crippen molar-refractivity contribution in [2.24, 2.45) is 35.0 Å². The van der Waals surface area contributed by atoms with Crippen molar-refractivity contribution in [2.75, 3.05) is 20.6 Å². The quantitative estimate of drug-likeness (QED) is 0.258. The molecule has 0 rings (SSSR count). The van der Waals surface area contributed by atoms with E-state index in [0.29, 0.717) is 11.0 Å². The predicted octanol–water partition coefficient (Wildman–Crippen LogP) is 8.43. The number of hydrogen-bond donors (Lipinski definition) is 0. The lowest BCUT2D eigenvalue weighted by Gasteiger charge is -2.56. The van der Waals surface area contributed by atoms with Crippen LogP contribution in [0.4, 0.5) is 0 Å². The summed E-state index contributed by atoms with van der Waals surface area (Å²) in [5, 5.41) is 0. The summed E-state index contributed by atoms with van der Waals surface area (Å²) in [7, 11) is 4.97. The van der Waals surface area contributed by atoms with E-state index in [-0.39, 0.29) is 0 Å². The van der Waals surface area contributed by atoms with Crippen LogP contribution in [0.25, 0.3) is 0 Å². The van der Waals surface area contributed by atoms with E-state index in [1.54, 1.807) is 0 Å². The Morgan fingerprint density at radius 1 is 0.786 bits per heavy atom. The van der Waals surface area contributed by atoms with Crippen molar-refractivity contribution in [1.82, 2.24) is 0 Å². The lowest BCUT2D eigenvalue weighted by atomic mass is 9.52. The molecule has 0 aromatic rings. The van der Waals surface area contributed by atoms with Crippen LogP contribution in [0.15, 0.2) is 0 Å². The molecule has 0 radical (unpaired) electrons. The van der Waals surface area contributed by atoms with Gasteiger partial charge in [0.1, 0.15) is 0 Å². The second kappa shape index (κ2) is 11.4. The zero-order valence-corrected chi connectivity index (χ0v) is 22.3. The van der Waals surface area contributed by atoms with Crippen LogP contribution in [0.2, 0.25) is 0 Å².